The first-order valence-corrected chi connectivity index (χ1v) is 13.7. The highest BCUT2D eigenvalue weighted by Crippen LogP contribution is 2.40. The van der Waals surface area contributed by atoms with Gasteiger partial charge in [-0.25, -0.2) is 0 Å². The van der Waals surface area contributed by atoms with Crippen molar-refractivity contribution in [1.29, 1.82) is 0 Å². The van der Waals surface area contributed by atoms with E-state index in [1.165, 1.54) is 0 Å². The van der Waals surface area contributed by atoms with Gasteiger partial charge >= 0.3 is 0 Å². The van der Waals surface area contributed by atoms with Crippen molar-refractivity contribution in [3.63, 3.8) is 0 Å². The SMILES string of the molecule is CCOc1cc(/C=C2/SC(=O)N(CC(=O)Nc3cccc(C)c3)C2=O)cc(Br)c1OCc1ccccc1Cl. The molecule has 1 saturated heterocycles. The maximum atomic E-state index is 13.0. The summed E-state index contributed by atoms with van der Waals surface area (Å²) in [5, 5.41) is 2.81. The van der Waals surface area contributed by atoms with E-state index in [0.717, 1.165) is 27.8 Å². The van der Waals surface area contributed by atoms with Crippen molar-refractivity contribution in [1.82, 2.24) is 4.90 Å². The van der Waals surface area contributed by atoms with Crippen molar-refractivity contribution in [2.45, 2.75) is 20.5 Å². The lowest BCUT2D eigenvalue weighted by atomic mass is 10.1. The molecule has 1 aliphatic rings. The van der Waals surface area contributed by atoms with E-state index in [4.69, 9.17) is 21.1 Å². The summed E-state index contributed by atoms with van der Waals surface area (Å²) in [5.74, 6) is -0.0325. The molecule has 0 bridgehead atoms. The molecule has 3 aromatic rings. The quantitative estimate of drug-likeness (QED) is 0.259. The summed E-state index contributed by atoms with van der Waals surface area (Å²) in [6, 6.07) is 18.2. The molecular weight excluding hydrogens is 592 g/mol. The minimum atomic E-state index is -0.535. The summed E-state index contributed by atoms with van der Waals surface area (Å²) in [6.07, 6.45) is 1.59. The Labute approximate surface area is 238 Å². The van der Waals surface area contributed by atoms with E-state index < -0.39 is 17.1 Å². The van der Waals surface area contributed by atoms with Crippen LogP contribution in [0, 0.1) is 6.92 Å². The van der Waals surface area contributed by atoms with Crippen LogP contribution in [0.4, 0.5) is 10.5 Å². The van der Waals surface area contributed by atoms with Crippen molar-refractivity contribution in [2.75, 3.05) is 18.5 Å². The number of hydrogen-bond acceptors (Lipinski definition) is 6. The van der Waals surface area contributed by atoms with Crippen LogP contribution in [0.3, 0.4) is 0 Å². The van der Waals surface area contributed by atoms with Crippen LogP contribution in [0.2, 0.25) is 5.02 Å². The summed E-state index contributed by atoms with van der Waals surface area (Å²) in [5.41, 5.74) is 3.03. The molecule has 4 rings (SSSR count). The maximum Gasteiger partial charge on any atom is 0.294 e. The Morgan fingerprint density at radius 3 is 2.63 bits per heavy atom. The highest BCUT2D eigenvalue weighted by molar-refractivity contribution is 9.10. The molecule has 1 heterocycles. The third kappa shape index (κ3) is 6.78. The second-order valence-corrected chi connectivity index (χ2v) is 10.6. The lowest BCUT2D eigenvalue weighted by Gasteiger charge is -2.15. The van der Waals surface area contributed by atoms with Gasteiger partial charge in [-0.15, -0.1) is 0 Å². The molecule has 0 saturated carbocycles. The Bertz CT molecular complexity index is 1430. The molecule has 10 heteroatoms. The normalized spacial score (nSPS) is 14.2. The van der Waals surface area contributed by atoms with Crippen LogP contribution in [-0.2, 0) is 16.2 Å². The predicted octanol–water partition coefficient (Wildman–Crippen LogP) is 7.06. The first-order valence-electron chi connectivity index (χ1n) is 11.7. The molecule has 0 aromatic heterocycles. The summed E-state index contributed by atoms with van der Waals surface area (Å²) >= 11 is 10.6. The smallest absolute Gasteiger partial charge is 0.294 e. The van der Waals surface area contributed by atoms with Gasteiger partial charge in [0.2, 0.25) is 5.91 Å². The summed E-state index contributed by atoms with van der Waals surface area (Å²) in [6.45, 7) is 4.01. The third-order valence-electron chi connectivity index (χ3n) is 5.44. The average Bonchev–Trinajstić information content (AvgIpc) is 3.12. The van der Waals surface area contributed by atoms with Crippen molar-refractivity contribution in [3.8, 4) is 11.5 Å². The van der Waals surface area contributed by atoms with E-state index in [1.54, 1.807) is 36.4 Å². The van der Waals surface area contributed by atoms with Gasteiger partial charge in [-0.2, -0.15) is 0 Å². The molecular formula is C28H24BrClN2O5S. The number of aryl methyl sites for hydroxylation is 1. The minimum absolute atomic E-state index is 0.206. The number of hydrogen-bond donors (Lipinski definition) is 1. The Morgan fingerprint density at radius 2 is 1.89 bits per heavy atom. The zero-order valence-corrected chi connectivity index (χ0v) is 23.8. The van der Waals surface area contributed by atoms with E-state index in [0.29, 0.717) is 38.9 Å². The number of nitrogens with zero attached hydrogens (tertiary/aromatic N) is 1. The summed E-state index contributed by atoms with van der Waals surface area (Å²) in [7, 11) is 0. The Kier molecular flexibility index (Phi) is 9.14. The number of imide groups is 1. The van der Waals surface area contributed by atoms with Gasteiger partial charge in [0.25, 0.3) is 11.1 Å². The van der Waals surface area contributed by atoms with E-state index in [-0.39, 0.29) is 18.1 Å². The van der Waals surface area contributed by atoms with Crippen molar-refractivity contribution in [2.24, 2.45) is 0 Å². The average molecular weight is 616 g/mol. The number of halogens is 2. The number of ether oxygens (including phenoxy) is 2. The number of thioether (sulfide) groups is 1. The number of carbonyl (C=O) groups excluding carboxylic acids is 3. The molecule has 0 spiro atoms. The zero-order valence-electron chi connectivity index (χ0n) is 20.6. The predicted molar refractivity (Wildman–Crippen MR) is 154 cm³/mol. The third-order valence-corrected chi connectivity index (χ3v) is 7.30. The first kappa shape index (κ1) is 27.8. The minimum Gasteiger partial charge on any atom is -0.490 e. The van der Waals surface area contributed by atoms with Gasteiger partial charge in [-0.05, 0) is 89.1 Å². The molecule has 3 aromatic carbocycles. The second-order valence-electron chi connectivity index (χ2n) is 8.33. The number of carbonyl (C=O) groups is 3. The molecule has 1 N–H and O–H groups in total. The summed E-state index contributed by atoms with van der Waals surface area (Å²) in [4.78, 5) is 39.1. The van der Waals surface area contributed by atoms with Crippen LogP contribution in [-0.4, -0.2) is 35.1 Å². The number of nitrogens with one attached hydrogen (secondary N) is 1. The molecule has 0 unspecified atom stereocenters. The fraction of sp³-hybridized carbons (Fsp3) is 0.179. The lowest BCUT2D eigenvalue weighted by molar-refractivity contribution is -0.127. The highest BCUT2D eigenvalue weighted by atomic mass is 79.9. The van der Waals surface area contributed by atoms with E-state index in [9.17, 15) is 14.4 Å². The second kappa shape index (κ2) is 12.5. The lowest BCUT2D eigenvalue weighted by Crippen LogP contribution is -2.36. The van der Waals surface area contributed by atoms with Gasteiger partial charge in [-0.1, -0.05) is 41.9 Å². The van der Waals surface area contributed by atoms with E-state index in [2.05, 4.69) is 21.2 Å². The number of anilines is 1. The fourth-order valence-electron chi connectivity index (χ4n) is 3.69. The van der Waals surface area contributed by atoms with Gasteiger partial charge in [0, 0.05) is 16.3 Å². The molecule has 0 radical (unpaired) electrons. The van der Waals surface area contributed by atoms with Crippen LogP contribution < -0.4 is 14.8 Å². The molecule has 1 fully saturated rings. The Hall–Kier alpha value is -3.27. The van der Waals surface area contributed by atoms with Crippen molar-refractivity contribution >= 4 is 68.1 Å². The molecule has 3 amide bonds. The van der Waals surface area contributed by atoms with E-state index in [1.807, 2.05) is 44.2 Å². The van der Waals surface area contributed by atoms with Crippen LogP contribution in [0.15, 0.2) is 70.0 Å². The standard InChI is InChI=1S/C28H24BrClN2O5S/c1-3-36-23-13-18(12-21(29)26(23)37-16-19-8-4-5-10-22(19)30)14-24-27(34)32(28(35)38-24)15-25(33)31-20-9-6-7-17(2)11-20/h4-14H,3,15-16H2,1-2H3,(H,31,33)/b24-14+. The van der Waals surface area contributed by atoms with Crippen LogP contribution >= 0.6 is 39.3 Å². The summed E-state index contributed by atoms with van der Waals surface area (Å²) < 4.78 is 12.4. The molecule has 196 valence electrons. The molecule has 0 aliphatic carbocycles. The number of rotatable bonds is 9. The fourth-order valence-corrected chi connectivity index (χ4v) is 5.30. The maximum absolute atomic E-state index is 13.0. The first-order chi connectivity index (χ1) is 18.2. The topological polar surface area (TPSA) is 84.9 Å². The zero-order chi connectivity index (χ0) is 27.2. The van der Waals surface area contributed by atoms with E-state index >= 15 is 0 Å². The molecule has 0 atom stereocenters. The Morgan fingerprint density at radius 1 is 1.11 bits per heavy atom. The van der Waals surface area contributed by atoms with Crippen molar-refractivity contribution in [3.05, 3.63) is 91.8 Å². The van der Waals surface area contributed by atoms with Crippen LogP contribution in [0.5, 0.6) is 11.5 Å². The molecule has 1 aliphatic heterocycles. The monoisotopic (exact) mass is 614 g/mol. The molecule has 38 heavy (non-hydrogen) atoms. The van der Waals surface area contributed by atoms with Crippen LogP contribution in [0.25, 0.3) is 6.08 Å². The van der Waals surface area contributed by atoms with Gasteiger partial charge < -0.3 is 14.8 Å². The van der Waals surface area contributed by atoms with Crippen LogP contribution in [0.1, 0.15) is 23.6 Å². The highest BCUT2D eigenvalue weighted by Gasteiger charge is 2.36. The number of benzene rings is 3. The van der Waals surface area contributed by atoms with Gasteiger partial charge in [0.15, 0.2) is 11.5 Å². The van der Waals surface area contributed by atoms with Gasteiger partial charge in [0.1, 0.15) is 13.2 Å². The number of amides is 3. The Balaban J connectivity index is 1.50. The molecule has 7 nitrogen and oxygen atoms in total. The largest absolute Gasteiger partial charge is 0.490 e. The van der Waals surface area contributed by atoms with Gasteiger partial charge in [-0.3, -0.25) is 19.3 Å². The van der Waals surface area contributed by atoms with Gasteiger partial charge in [0.05, 0.1) is 16.0 Å². The van der Waals surface area contributed by atoms with Crippen molar-refractivity contribution < 1.29 is 23.9 Å².